The number of fused-ring (bicyclic) bond motifs is 2. The Morgan fingerprint density at radius 2 is 0.708 bits per heavy atom. The molecule has 0 radical (unpaired) electrons. The van der Waals surface area contributed by atoms with Gasteiger partial charge in [0.25, 0.3) is 0 Å². The first-order valence-corrected chi connectivity index (χ1v) is 25.8. The van der Waals surface area contributed by atoms with Crippen molar-refractivity contribution < 1.29 is 10.2 Å². The number of rotatable bonds is 6. The molecule has 0 fully saturated rings. The number of phenols is 2. The SMILES string of the molecule is CC1=CCC(c2nc3c(nc2-c2ccc(C)cc2)C(c2cc(C(C)(C)C)c(O)c(C(C)(C)C)c2)c2nc(-c4ccc(C)cc4)c(-c4ccc(C)cc4)nc2C3c2cc(C(C)(C)C)c(O)c(C(C)(C)C)c2)C=C1. The van der Waals surface area contributed by atoms with E-state index in [1.165, 1.54) is 11.1 Å². The highest BCUT2D eigenvalue weighted by atomic mass is 16.3. The number of hydrogen-bond acceptors (Lipinski definition) is 6. The molecule has 5 aromatic carbocycles. The quantitative estimate of drug-likeness (QED) is 0.173. The van der Waals surface area contributed by atoms with E-state index >= 15 is 0 Å². The minimum Gasteiger partial charge on any atom is -0.507 e. The molecule has 0 amide bonds. The molecule has 6 nitrogen and oxygen atoms in total. The zero-order valence-corrected chi connectivity index (χ0v) is 45.6. The van der Waals surface area contributed by atoms with E-state index in [4.69, 9.17) is 19.9 Å². The number of hydrogen-bond donors (Lipinski definition) is 2. The number of phenolic OH excluding ortho intramolecular Hbond substituents is 2. The maximum absolute atomic E-state index is 12.3. The van der Waals surface area contributed by atoms with E-state index < -0.39 is 33.5 Å². The summed E-state index contributed by atoms with van der Waals surface area (Å²) >= 11 is 0. The molecule has 3 unspecified atom stereocenters. The second-order valence-electron chi connectivity index (χ2n) is 25.0. The van der Waals surface area contributed by atoms with Crippen molar-refractivity contribution in [1.29, 1.82) is 0 Å². The van der Waals surface area contributed by atoms with E-state index in [0.717, 1.165) is 113 Å². The highest BCUT2D eigenvalue weighted by molar-refractivity contribution is 5.80. The molecule has 0 saturated heterocycles. The van der Waals surface area contributed by atoms with Gasteiger partial charge in [-0.2, -0.15) is 0 Å². The van der Waals surface area contributed by atoms with Crippen LogP contribution in [0.25, 0.3) is 33.8 Å². The summed E-state index contributed by atoms with van der Waals surface area (Å²) in [5.74, 6) is -0.489. The van der Waals surface area contributed by atoms with E-state index in [-0.39, 0.29) is 5.92 Å². The number of nitrogens with zero attached hydrogens (tertiary/aromatic N) is 4. The molecule has 0 bridgehead atoms. The largest absolute Gasteiger partial charge is 0.507 e. The molecule has 6 heteroatoms. The molecule has 72 heavy (non-hydrogen) atoms. The Balaban J connectivity index is 1.52. The maximum Gasteiger partial charge on any atom is 0.123 e. The van der Waals surface area contributed by atoms with Gasteiger partial charge in [-0.1, -0.05) is 221 Å². The van der Waals surface area contributed by atoms with E-state index in [1.807, 2.05) is 0 Å². The van der Waals surface area contributed by atoms with Crippen LogP contribution in [0.1, 0.15) is 193 Å². The van der Waals surface area contributed by atoms with Crippen molar-refractivity contribution in [2.45, 2.75) is 157 Å². The zero-order valence-electron chi connectivity index (χ0n) is 45.6. The molecule has 2 aromatic heterocycles. The Kier molecular flexibility index (Phi) is 12.7. The standard InChI is InChI=1S/C66H74N4O2/c1-37-17-25-41(26-18-37)53-54(42-27-19-38(2)20-28-42)68-58-52(46-35-49(65(11,12)13)62(72)50(36-46)66(14,15)16)60-59(51(57(58)67-53)45-33-47(63(5,6)7)61(71)48(34-45)64(8,9)10)69-55(43-29-21-39(3)22-30-43)56(70-60)44-31-23-40(4)24-32-44/h17-31,33-36,44,51-52,71-72H,32H2,1-16H3. The second-order valence-corrected chi connectivity index (χ2v) is 25.0. The van der Waals surface area contributed by atoms with Gasteiger partial charge in [0.15, 0.2) is 0 Å². The summed E-state index contributed by atoms with van der Waals surface area (Å²) < 4.78 is 0. The van der Waals surface area contributed by atoms with Crippen molar-refractivity contribution >= 4 is 0 Å². The maximum atomic E-state index is 12.3. The van der Waals surface area contributed by atoms with Gasteiger partial charge in [0.05, 0.1) is 57.4 Å². The molecule has 0 saturated carbocycles. The van der Waals surface area contributed by atoms with Gasteiger partial charge in [0.2, 0.25) is 0 Å². The van der Waals surface area contributed by atoms with Crippen LogP contribution >= 0.6 is 0 Å². The summed E-state index contributed by atoms with van der Waals surface area (Å²) in [5.41, 5.74) is 18.0. The van der Waals surface area contributed by atoms with Crippen molar-refractivity contribution in [2.75, 3.05) is 0 Å². The van der Waals surface area contributed by atoms with Gasteiger partial charge in [0.1, 0.15) is 11.5 Å². The van der Waals surface area contributed by atoms with Gasteiger partial charge in [-0.3, -0.25) is 4.98 Å². The first kappa shape index (κ1) is 50.3. The Labute approximate surface area is 429 Å². The Bertz CT molecular complexity index is 3220. The lowest BCUT2D eigenvalue weighted by atomic mass is 9.71. The zero-order chi connectivity index (χ0) is 52.0. The molecule has 2 N–H and O–H groups in total. The molecule has 9 rings (SSSR count). The van der Waals surface area contributed by atoms with Crippen LogP contribution in [-0.4, -0.2) is 30.1 Å². The molecule has 0 spiro atoms. The average Bonchev–Trinajstić information content (AvgIpc) is 3.30. The molecule has 0 aliphatic heterocycles. The lowest BCUT2D eigenvalue weighted by molar-refractivity contribution is 0.421. The first-order chi connectivity index (χ1) is 33.7. The van der Waals surface area contributed by atoms with Crippen LogP contribution in [0.15, 0.2) is 121 Å². The van der Waals surface area contributed by atoms with Crippen molar-refractivity contribution in [2.24, 2.45) is 0 Å². The van der Waals surface area contributed by atoms with Gasteiger partial charge in [-0.25, -0.2) is 15.0 Å². The third kappa shape index (κ3) is 9.46. The number of aromatic nitrogens is 4. The Morgan fingerprint density at radius 3 is 1.01 bits per heavy atom. The molecular weight excluding hydrogens is 881 g/mol. The molecule has 3 atom stereocenters. The summed E-state index contributed by atoms with van der Waals surface area (Å²) in [5, 5.41) is 24.6. The normalized spacial score (nSPS) is 17.1. The average molecular weight is 955 g/mol. The highest BCUT2D eigenvalue weighted by Gasteiger charge is 2.44. The van der Waals surface area contributed by atoms with Crippen LogP contribution in [0.3, 0.4) is 0 Å². The van der Waals surface area contributed by atoms with Crippen molar-refractivity contribution in [3.05, 3.63) is 199 Å². The summed E-state index contributed by atoms with van der Waals surface area (Å²) in [4.78, 5) is 24.0. The van der Waals surface area contributed by atoms with Crippen molar-refractivity contribution in [3.63, 3.8) is 0 Å². The summed E-state index contributed by atoms with van der Waals surface area (Å²) in [6, 6.07) is 34.7. The number of benzene rings is 5. The van der Waals surface area contributed by atoms with Crippen LogP contribution in [0.5, 0.6) is 11.5 Å². The van der Waals surface area contributed by atoms with Crippen LogP contribution in [0.4, 0.5) is 0 Å². The molecule has 370 valence electrons. The third-order valence-corrected chi connectivity index (χ3v) is 14.8. The minimum absolute atomic E-state index is 0.0369. The summed E-state index contributed by atoms with van der Waals surface area (Å²) in [6.07, 6.45) is 7.59. The van der Waals surface area contributed by atoms with Gasteiger partial charge < -0.3 is 10.2 Å². The Hall–Kier alpha value is -6.66. The fraction of sp³-hybridized carbons (Fsp3) is 0.364. The lowest BCUT2D eigenvalue weighted by Gasteiger charge is -2.36. The van der Waals surface area contributed by atoms with E-state index in [1.54, 1.807) is 0 Å². The van der Waals surface area contributed by atoms with Crippen molar-refractivity contribution in [1.82, 2.24) is 19.9 Å². The first-order valence-electron chi connectivity index (χ1n) is 25.8. The highest BCUT2D eigenvalue weighted by Crippen LogP contribution is 2.53. The smallest absolute Gasteiger partial charge is 0.123 e. The summed E-state index contributed by atoms with van der Waals surface area (Å²) in [7, 11) is 0. The van der Waals surface area contributed by atoms with Gasteiger partial charge in [-0.15, -0.1) is 0 Å². The Morgan fingerprint density at radius 1 is 0.403 bits per heavy atom. The molecule has 2 heterocycles. The van der Waals surface area contributed by atoms with Gasteiger partial charge in [0, 0.05) is 22.6 Å². The summed E-state index contributed by atoms with van der Waals surface area (Å²) in [6.45, 7) is 34.5. The van der Waals surface area contributed by atoms with E-state index in [2.05, 4.69) is 226 Å². The van der Waals surface area contributed by atoms with Crippen LogP contribution in [0.2, 0.25) is 0 Å². The van der Waals surface area contributed by atoms with Crippen LogP contribution in [-0.2, 0) is 21.7 Å². The molecular formula is C66H74N4O2. The second kappa shape index (κ2) is 18.1. The van der Waals surface area contributed by atoms with E-state index in [9.17, 15) is 10.2 Å². The predicted molar refractivity (Wildman–Crippen MR) is 298 cm³/mol. The fourth-order valence-corrected chi connectivity index (χ4v) is 10.5. The van der Waals surface area contributed by atoms with Crippen molar-refractivity contribution in [3.8, 4) is 45.3 Å². The topological polar surface area (TPSA) is 92.0 Å². The molecule has 2 aliphatic carbocycles. The lowest BCUT2D eigenvalue weighted by Crippen LogP contribution is -2.29. The number of aryl methyl sites for hydroxylation is 3. The monoisotopic (exact) mass is 955 g/mol. The van der Waals surface area contributed by atoms with Crippen LogP contribution in [0, 0.1) is 20.8 Å². The van der Waals surface area contributed by atoms with E-state index in [0.29, 0.717) is 11.5 Å². The van der Waals surface area contributed by atoms with Gasteiger partial charge in [-0.05, 0) is 89.2 Å². The van der Waals surface area contributed by atoms with Gasteiger partial charge >= 0.3 is 0 Å². The minimum atomic E-state index is -0.547. The molecule has 7 aromatic rings. The third-order valence-electron chi connectivity index (χ3n) is 14.8. The fourth-order valence-electron chi connectivity index (χ4n) is 10.5. The number of aromatic hydroxyl groups is 2. The van der Waals surface area contributed by atoms with Crippen LogP contribution < -0.4 is 0 Å². The predicted octanol–water partition coefficient (Wildman–Crippen LogP) is 16.5. The number of allylic oxidation sites excluding steroid dienone is 4. The molecule has 2 aliphatic rings.